The van der Waals surface area contributed by atoms with Gasteiger partial charge in [0.1, 0.15) is 0 Å². The maximum absolute atomic E-state index is 5.79. The molecule has 0 aliphatic rings. The van der Waals surface area contributed by atoms with E-state index in [2.05, 4.69) is 16.4 Å². The first-order chi connectivity index (χ1) is 5.79. The predicted molar refractivity (Wildman–Crippen MR) is 52.2 cm³/mol. The highest BCUT2D eigenvalue weighted by Gasteiger charge is 2.07. The SMILES string of the molecule is CC(N)c1csc2cccnc12. The van der Waals surface area contributed by atoms with Gasteiger partial charge in [-0.15, -0.1) is 11.3 Å². The summed E-state index contributed by atoms with van der Waals surface area (Å²) in [6.07, 6.45) is 1.81. The van der Waals surface area contributed by atoms with Crippen molar-refractivity contribution in [2.45, 2.75) is 13.0 Å². The van der Waals surface area contributed by atoms with E-state index in [-0.39, 0.29) is 6.04 Å². The molecule has 3 heteroatoms. The summed E-state index contributed by atoms with van der Waals surface area (Å²) in [5.41, 5.74) is 7.99. The van der Waals surface area contributed by atoms with Gasteiger partial charge in [-0.25, -0.2) is 0 Å². The molecule has 0 amide bonds. The summed E-state index contributed by atoms with van der Waals surface area (Å²) in [6.45, 7) is 1.98. The Kier molecular flexibility index (Phi) is 1.83. The number of thiophene rings is 1. The van der Waals surface area contributed by atoms with Crippen LogP contribution in [0.4, 0.5) is 0 Å². The van der Waals surface area contributed by atoms with E-state index in [1.54, 1.807) is 17.5 Å². The Morgan fingerprint density at radius 3 is 3.17 bits per heavy atom. The maximum Gasteiger partial charge on any atom is 0.0857 e. The first kappa shape index (κ1) is 7.71. The zero-order chi connectivity index (χ0) is 8.55. The summed E-state index contributed by atoms with van der Waals surface area (Å²) in [5, 5.41) is 2.09. The maximum atomic E-state index is 5.79. The van der Waals surface area contributed by atoms with E-state index >= 15 is 0 Å². The largest absolute Gasteiger partial charge is 0.324 e. The lowest BCUT2D eigenvalue weighted by Crippen LogP contribution is -2.03. The minimum Gasteiger partial charge on any atom is -0.324 e. The molecule has 0 bridgehead atoms. The van der Waals surface area contributed by atoms with Crippen molar-refractivity contribution in [1.82, 2.24) is 4.98 Å². The second-order valence-electron chi connectivity index (χ2n) is 2.83. The van der Waals surface area contributed by atoms with Gasteiger partial charge in [-0.3, -0.25) is 4.98 Å². The van der Waals surface area contributed by atoms with Crippen LogP contribution in [0.3, 0.4) is 0 Å². The fourth-order valence-electron chi connectivity index (χ4n) is 1.21. The Morgan fingerprint density at radius 1 is 1.58 bits per heavy atom. The van der Waals surface area contributed by atoms with Crippen LogP contribution in [0.2, 0.25) is 0 Å². The molecule has 2 rings (SSSR count). The van der Waals surface area contributed by atoms with Crippen molar-refractivity contribution in [1.29, 1.82) is 0 Å². The highest BCUT2D eigenvalue weighted by atomic mass is 32.1. The summed E-state index contributed by atoms with van der Waals surface area (Å²) in [7, 11) is 0. The third-order valence-corrected chi connectivity index (χ3v) is 2.80. The van der Waals surface area contributed by atoms with Crippen LogP contribution in [0.1, 0.15) is 18.5 Å². The molecule has 0 spiro atoms. The van der Waals surface area contributed by atoms with Crippen molar-refractivity contribution in [3.8, 4) is 0 Å². The van der Waals surface area contributed by atoms with Crippen LogP contribution in [-0.4, -0.2) is 4.98 Å². The van der Waals surface area contributed by atoms with Crippen LogP contribution in [-0.2, 0) is 0 Å². The fourth-order valence-corrected chi connectivity index (χ4v) is 2.23. The normalized spacial score (nSPS) is 13.5. The van der Waals surface area contributed by atoms with Crippen LogP contribution in [0.5, 0.6) is 0 Å². The molecule has 0 aromatic carbocycles. The van der Waals surface area contributed by atoms with Crippen molar-refractivity contribution < 1.29 is 0 Å². The second-order valence-corrected chi connectivity index (χ2v) is 3.74. The Morgan fingerprint density at radius 2 is 2.42 bits per heavy atom. The minimum absolute atomic E-state index is 0.0775. The highest BCUT2D eigenvalue weighted by Crippen LogP contribution is 2.26. The molecule has 2 nitrogen and oxygen atoms in total. The number of hydrogen-bond acceptors (Lipinski definition) is 3. The van der Waals surface area contributed by atoms with E-state index in [1.165, 1.54) is 4.70 Å². The molecular weight excluding hydrogens is 168 g/mol. The van der Waals surface area contributed by atoms with Gasteiger partial charge in [-0.05, 0) is 24.4 Å². The number of hydrogen-bond donors (Lipinski definition) is 1. The molecule has 2 aromatic rings. The van der Waals surface area contributed by atoms with Gasteiger partial charge >= 0.3 is 0 Å². The molecule has 1 unspecified atom stereocenters. The third-order valence-electron chi connectivity index (χ3n) is 1.85. The Balaban J connectivity index is 2.70. The molecule has 0 aliphatic heterocycles. The quantitative estimate of drug-likeness (QED) is 0.727. The summed E-state index contributed by atoms with van der Waals surface area (Å²) < 4.78 is 1.21. The van der Waals surface area contributed by atoms with Crippen LogP contribution < -0.4 is 5.73 Å². The molecule has 62 valence electrons. The van der Waals surface area contributed by atoms with E-state index in [4.69, 9.17) is 5.73 Å². The van der Waals surface area contributed by atoms with Crippen LogP contribution in [0.25, 0.3) is 10.2 Å². The van der Waals surface area contributed by atoms with Crippen LogP contribution in [0, 0.1) is 0 Å². The van der Waals surface area contributed by atoms with Crippen molar-refractivity contribution in [3.63, 3.8) is 0 Å². The Labute approximate surface area is 75.0 Å². The summed E-state index contributed by atoms with van der Waals surface area (Å²) in [6, 6.07) is 4.09. The lowest BCUT2D eigenvalue weighted by atomic mass is 10.1. The standard InChI is InChI=1S/C9H10N2S/c1-6(10)7-5-12-8-3-2-4-11-9(7)8/h2-6H,10H2,1H3. The molecule has 12 heavy (non-hydrogen) atoms. The van der Waals surface area contributed by atoms with Crippen molar-refractivity contribution in [2.75, 3.05) is 0 Å². The molecule has 2 heterocycles. The lowest BCUT2D eigenvalue weighted by molar-refractivity contribution is 0.827. The number of nitrogens with two attached hydrogens (primary N) is 1. The van der Waals surface area contributed by atoms with Gasteiger partial charge in [0.25, 0.3) is 0 Å². The molecule has 2 N–H and O–H groups in total. The third kappa shape index (κ3) is 1.11. The summed E-state index contributed by atoms with van der Waals surface area (Å²) >= 11 is 1.70. The summed E-state index contributed by atoms with van der Waals surface area (Å²) in [5.74, 6) is 0. The molecule has 0 fully saturated rings. The van der Waals surface area contributed by atoms with Gasteiger partial charge in [0.2, 0.25) is 0 Å². The predicted octanol–water partition coefficient (Wildman–Crippen LogP) is 2.32. The van der Waals surface area contributed by atoms with E-state index in [9.17, 15) is 0 Å². The topological polar surface area (TPSA) is 38.9 Å². The van der Waals surface area contributed by atoms with Crippen molar-refractivity contribution in [3.05, 3.63) is 29.3 Å². The number of fused-ring (bicyclic) bond motifs is 1. The van der Waals surface area contributed by atoms with E-state index in [0.29, 0.717) is 0 Å². The lowest BCUT2D eigenvalue weighted by Gasteiger charge is -2.00. The van der Waals surface area contributed by atoms with E-state index in [0.717, 1.165) is 11.1 Å². The summed E-state index contributed by atoms with van der Waals surface area (Å²) in [4.78, 5) is 4.29. The van der Waals surface area contributed by atoms with E-state index in [1.807, 2.05) is 13.0 Å². The number of nitrogens with zero attached hydrogens (tertiary/aromatic N) is 1. The fraction of sp³-hybridized carbons (Fsp3) is 0.222. The molecule has 2 aromatic heterocycles. The molecular formula is C9H10N2S. The highest BCUT2D eigenvalue weighted by molar-refractivity contribution is 7.17. The Hall–Kier alpha value is -0.930. The first-order valence-electron chi connectivity index (χ1n) is 3.87. The van der Waals surface area contributed by atoms with Gasteiger partial charge in [-0.2, -0.15) is 0 Å². The number of rotatable bonds is 1. The molecule has 0 saturated carbocycles. The minimum atomic E-state index is 0.0775. The van der Waals surface area contributed by atoms with Crippen molar-refractivity contribution >= 4 is 21.6 Å². The molecule has 0 saturated heterocycles. The number of pyridine rings is 1. The smallest absolute Gasteiger partial charge is 0.0857 e. The van der Waals surface area contributed by atoms with Gasteiger partial charge in [-0.1, -0.05) is 0 Å². The van der Waals surface area contributed by atoms with Crippen LogP contribution in [0.15, 0.2) is 23.7 Å². The average molecular weight is 178 g/mol. The van der Waals surface area contributed by atoms with Gasteiger partial charge in [0, 0.05) is 17.8 Å². The van der Waals surface area contributed by atoms with Gasteiger partial charge in [0.15, 0.2) is 0 Å². The zero-order valence-electron chi connectivity index (χ0n) is 6.82. The van der Waals surface area contributed by atoms with Gasteiger partial charge < -0.3 is 5.73 Å². The van der Waals surface area contributed by atoms with Crippen molar-refractivity contribution in [2.24, 2.45) is 5.73 Å². The Bertz CT molecular complexity index is 392. The molecule has 0 aliphatic carbocycles. The van der Waals surface area contributed by atoms with Crippen LogP contribution >= 0.6 is 11.3 Å². The van der Waals surface area contributed by atoms with Gasteiger partial charge in [0.05, 0.1) is 10.2 Å². The molecule has 1 atom stereocenters. The zero-order valence-corrected chi connectivity index (χ0v) is 7.64. The average Bonchev–Trinajstić information content (AvgIpc) is 2.47. The second kappa shape index (κ2) is 2.84. The van der Waals surface area contributed by atoms with E-state index < -0.39 is 0 Å². The number of aromatic nitrogens is 1. The monoisotopic (exact) mass is 178 g/mol. The molecule has 0 radical (unpaired) electrons. The first-order valence-corrected chi connectivity index (χ1v) is 4.74.